The number of aromatic nitrogens is 6. The fourth-order valence-electron chi connectivity index (χ4n) is 4.15. The summed E-state index contributed by atoms with van der Waals surface area (Å²) in [5.74, 6) is 1.52. The second-order valence-corrected chi connectivity index (χ2v) is 8.68. The first kappa shape index (κ1) is 19.8. The smallest absolute Gasteiger partial charge is 0.228 e. The molecule has 0 spiro atoms. The Morgan fingerprint density at radius 2 is 1.97 bits per heavy atom. The highest BCUT2D eigenvalue weighted by Crippen LogP contribution is 2.44. The standard InChI is InChI=1S/C23H24ClN7/c1-13(2)31-10-9-19(29-31)26-23-25-12-16-14(3)11-18-20(21(16)27-23)22(30(4)28-18)15-7-5-6-8-17(15)24/h5-10,12-14H,11H2,1-4H3,(H,25,26,27,29). The zero-order valence-electron chi connectivity index (χ0n) is 18.0. The van der Waals surface area contributed by atoms with Gasteiger partial charge in [-0.05, 0) is 32.3 Å². The van der Waals surface area contributed by atoms with Gasteiger partial charge in [0.1, 0.15) is 0 Å². The van der Waals surface area contributed by atoms with Gasteiger partial charge in [-0.15, -0.1) is 0 Å². The number of halogens is 1. The summed E-state index contributed by atoms with van der Waals surface area (Å²) in [4.78, 5) is 9.48. The number of hydrogen-bond donors (Lipinski definition) is 1. The third-order valence-electron chi connectivity index (χ3n) is 5.71. The van der Waals surface area contributed by atoms with E-state index in [0.717, 1.165) is 46.0 Å². The minimum atomic E-state index is 0.283. The monoisotopic (exact) mass is 433 g/mol. The van der Waals surface area contributed by atoms with Crippen molar-refractivity contribution in [1.29, 1.82) is 0 Å². The third kappa shape index (κ3) is 3.39. The Morgan fingerprint density at radius 1 is 1.16 bits per heavy atom. The van der Waals surface area contributed by atoms with Gasteiger partial charge in [0, 0.05) is 53.3 Å². The van der Waals surface area contributed by atoms with Crippen LogP contribution in [0.4, 0.5) is 11.8 Å². The molecule has 1 N–H and O–H groups in total. The average Bonchev–Trinajstić information content (AvgIpc) is 3.33. The maximum Gasteiger partial charge on any atom is 0.228 e. The lowest BCUT2D eigenvalue weighted by atomic mass is 9.85. The maximum absolute atomic E-state index is 6.56. The SMILES string of the molecule is CC1Cc2nn(C)c(-c3ccccc3Cl)c2-c2nc(Nc3ccn(C(C)C)n3)ncc21. The summed E-state index contributed by atoms with van der Waals surface area (Å²) in [7, 11) is 1.96. The molecule has 0 saturated carbocycles. The van der Waals surface area contributed by atoms with Crippen LogP contribution in [-0.4, -0.2) is 29.5 Å². The van der Waals surface area contributed by atoms with Crippen molar-refractivity contribution in [3.8, 4) is 22.5 Å². The molecule has 0 saturated heterocycles. The molecular weight excluding hydrogens is 410 g/mol. The van der Waals surface area contributed by atoms with Gasteiger partial charge >= 0.3 is 0 Å². The lowest BCUT2D eigenvalue weighted by molar-refractivity contribution is 0.534. The zero-order valence-corrected chi connectivity index (χ0v) is 18.7. The van der Waals surface area contributed by atoms with Crippen LogP contribution in [0, 0.1) is 0 Å². The molecule has 4 aromatic rings. The maximum atomic E-state index is 6.56. The molecule has 5 rings (SSSR count). The van der Waals surface area contributed by atoms with Gasteiger partial charge in [-0.2, -0.15) is 10.2 Å². The minimum absolute atomic E-state index is 0.283. The Kier molecular flexibility index (Phi) is 4.78. The van der Waals surface area contributed by atoms with Gasteiger partial charge in [-0.25, -0.2) is 9.97 Å². The van der Waals surface area contributed by atoms with Crippen molar-refractivity contribution in [3.63, 3.8) is 0 Å². The van der Waals surface area contributed by atoms with Crippen molar-refractivity contribution in [3.05, 3.63) is 59.0 Å². The molecule has 0 amide bonds. The van der Waals surface area contributed by atoms with E-state index < -0.39 is 0 Å². The van der Waals surface area contributed by atoms with Crippen LogP contribution in [0.25, 0.3) is 22.5 Å². The molecule has 1 aliphatic carbocycles. The van der Waals surface area contributed by atoms with E-state index in [1.54, 1.807) is 0 Å². The second kappa shape index (κ2) is 7.50. The Labute approximate surface area is 186 Å². The van der Waals surface area contributed by atoms with Crippen LogP contribution in [0.1, 0.15) is 44.0 Å². The van der Waals surface area contributed by atoms with Crippen LogP contribution in [-0.2, 0) is 13.5 Å². The summed E-state index contributed by atoms with van der Waals surface area (Å²) < 4.78 is 3.81. The van der Waals surface area contributed by atoms with E-state index in [1.165, 1.54) is 0 Å². The fourth-order valence-corrected chi connectivity index (χ4v) is 4.38. The van der Waals surface area contributed by atoms with Crippen molar-refractivity contribution in [2.24, 2.45) is 7.05 Å². The largest absolute Gasteiger partial charge is 0.307 e. The Morgan fingerprint density at radius 3 is 2.71 bits per heavy atom. The number of nitrogens with one attached hydrogen (secondary N) is 1. The van der Waals surface area contributed by atoms with Crippen LogP contribution < -0.4 is 5.32 Å². The van der Waals surface area contributed by atoms with Crippen LogP contribution in [0.2, 0.25) is 5.02 Å². The van der Waals surface area contributed by atoms with E-state index in [2.05, 4.69) is 36.2 Å². The highest BCUT2D eigenvalue weighted by Gasteiger charge is 2.31. The number of hydrogen-bond acceptors (Lipinski definition) is 5. The molecule has 0 aliphatic heterocycles. The molecule has 0 radical (unpaired) electrons. The first-order valence-corrected chi connectivity index (χ1v) is 10.8. The lowest BCUT2D eigenvalue weighted by Gasteiger charge is -2.22. The molecule has 0 fully saturated rings. The van der Waals surface area contributed by atoms with Gasteiger partial charge in [-0.3, -0.25) is 9.36 Å². The highest BCUT2D eigenvalue weighted by atomic mass is 35.5. The number of anilines is 2. The minimum Gasteiger partial charge on any atom is -0.307 e. The summed E-state index contributed by atoms with van der Waals surface area (Å²) in [6.45, 7) is 6.37. The van der Waals surface area contributed by atoms with Crippen molar-refractivity contribution < 1.29 is 0 Å². The Balaban J connectivity index is 1.62. The van der Waals surface area contributed by atoms with Crippen molar-refractivity contribution in [2.45, 2.75) is 39.2 Å². The van der Waals surface area contributed by atoms with E-state index in [4.69, 9.17) is 21.7 Å². The normalized spacial score (nSPS) is 15.1. The molecule has 0 bridgehead atoms. The van der Waals surface area contributed by atoms with E-state index in [-0.39, 0.29) is 12.0 Å². The predicted molar refractivity (Wildman–Crippen MR) is 123 cm³/mol. The van der Waals surface area contributed by atoms with E-state index in [9.17, 15) is 0 Å². The lowest BCUT2D eigenvalue weighted by Crippen LogP contribution is -2.12. The number of rotatable bonds is 4. The van der Waals surface area contributed by atoms with Gasteiger partial charge in [0.2, 0.25) is 5.95 Å². The quantitative estimate of drug-likeness (QED) is 0.467. The Bertz CT molecular complexity index is 1270. The molecule has 1 unspecified atom stereocenters. The van der Waals surface area contributed by atoms with Gasteiger partial charge in [0.25, 0.3) is 0 Å². The van der Waals surface area contributed by atoms with Gasteiger partial charge in [0.15, 0.2) is 5.82 Å². The van der Waals surface area contributed by atoms with Gasteiger partial charge < -0.3 is 5.32 Å². The van der Waals surface area contributed by atoms with E-state index in [0.29, 0.717) is 11.0 Å². The molecule has 31 heavy (non-hydrogen) atoms. The predicted octanol–water partition coefficient (Wildman–Crippen LogP) is 5.38. The number of benzene rings is 1. The number of fused-ring (bicyclic) bond motifs is 3. The Hall–Kier alpha value is -3.19. The van der Waals surface area contributed by atoms with Crippen molar-refractivity contribution in [1.82, 2.24) is 29.5 Å². The summed E-state index contributed by atoms with van der Waals surface area (Å²) >= 11 is 6.56. The number of nitrogens with zero attached hydrogens (tertiary/aromatic N) is 6. The molecule has 1 aliphatic rings. The first-order chi connectivity index (χ1) is 14.9. The third-order valence-corrected chi connectivity index (χ3v) is 6.04. The van der Waals surface area contributed by atoms with Crippen molar-refractivity contribution >= 4 is 23.4 Å². The average molecular weight is 434 g/mol. The topological polar surface area (TPSA) is 73.5 Å². The van der Waals surface area contributed by atoms with E-state index in [1.807, 2.05) is 59.1 Å². The van der Waals surface area contributed by atoms with Crippen LogP contribution in [0.5, 0.6) is 0 Å². The molecule has 1 atom stereocenters. The molecule has 3 heterocycles. The second-order valence-electron chi connectivity index (χ2n) is 8.28. The number of aryl methyl sites for hydroxylation is 1. The fraction of sp³-hybridized carbons (Fsp3) is 0.304. The zero-order chi connectivity index (χ0) is 21.7. The molecular formula is C23H24ClN7. The molecule has 1 aromatic carbocycles. The van der Waals surface area contributed by atoms with E-state index >= 15 is 0 Å². The molecule has 7 nitrogen and oxygen atoms in total. The molecule has 158 valence electrons. The summed E-state index contributed by atoms with van der Waals surface area (Å²) in [5.41, 5.74) is 6.00. The summed E-state index contributed by atoms with van der Waals surface area (Å²) in [6, 6.07) is 10.1. The van der Waals surface area contributed by atoms with Crippen LogP contribution in [0.3, 0.4) is 0 Å². The van der Waals surface area contributed by atoms with Crippen LogP contribution >= 0.6 is 11.6 Å². The highest BCUT2D eigenvalue weighted by molar-refractivity contribution is 6.33. The van der Waals surface area contributed by atoms with Crippen LogP contribution in [0.15, 0.2) is 42.7 Å². The summed E-state index contributed by atoms with van der Waals surface area (Å²) in [5, 5.41) is 13.3. The first-order valence-electron chi connectivity index (χ1n) is 10.4. The van der Waals surface area contributed by atoms with Crippen molar-refractivity contribution in [2.75, 3.05) is 5.32 Å². The van der Waals surface area contributed by atoms with Gasteiger partial charge in [-0.1, -0.05) is 36.7 Å². The molecule has 8 heteroatoms. The molecule has 3 aromatic heterocycles. The summed E-state index contributed by atoms with van der Waals surface area (Å²) in [6.07, 6.45) is 4.71. The van der Waals surface area contributed by atoms with Gasteiger partial charge in [0.05, 0.1) is 17.1 Å².